The minimum absolute atomic E-state index is 0.255. The van der Waals surface area contributed by atoms with Gasteiger partial charge in [-0.3, -0.25) is 4.99 Å². The van der Waals surface area contributed by atoms with Gasteiger partial charge < -0.3 is 0 Å². The molecule has 0 fully saturated rings. The fourth-order valence-electron chi connectivity index (χ4n) is 0.174. The standard InChI is InChI=1S/C3HClNS/c4-3-1-6-2-5-3/h3H. The molecule has 0 N–H and O–H groups in total. The summed E-state index contributed by atoms with van der Waals surface area (Å²) in [5.41, 5.74) is 2.32. The molecule has 0 aliphatic carbocycles. The van der Waals surface area contributed by atoms with Crippen molar-refractivity contribution in [2.45, 2.75) is 5.50 Å². The van der Waals surface area contributed by atoms with Crippen LogP contribution in [-0.4, -0.2) is 11.0 Å². The third-order valence-electron chi connectivity index (χ3n) is 0.368. The predicted octanol–water partition coefficient (Wildman–Crippen LogP) is 1.24. The first-order chi connectivity index (χ1) is 2.89. The minimum Gasteiger partial charge on any atom is -0.255 e. The van der Waals surface area contributed by atoms with Crippen molar-refractivity contribution in [1.29, 1.82) is 0 Å². The van der Waals surface area contributed by atoms with E-state index in [1.807, 2.05) is 0 Å². The molecule has 0 saturated carbocycles. The Labute approximate surface area is 45.8 Å². The van der Waals surface area contributed by atoms with Crippen LogP contribution in [0.15, 0.2) is 4.99 Å². The van der Waals surface area contributed by atoms with Gasteiger partial charge in [-0.05, 0) is 0 Å². The maximum absolute atomic E-state index is 5.35. The summed E-state index contributed by atoms with van der Waals surface area (Å²) in [6, 6.07) is 0. The molecule has 0 aromatic rings. The van der Waals surface area contributed by atoms with Crippen molar-refractivity contribution in [2.75, 3.05) is 0 Å². The van der Waals surface area contributed by atoms with Crippen LogP contribution in [0, 0.1) is 5.75 Å². The summed E-state index contributed by atoms with van der Waals surface area (Å²) < 4.78 is 0. The van der Waals surface area contributed by atoms with Crippen molar-refractivity contribution in [3.63, 3.8) is 0 Å². The SMILES string of the molecule is ClC1[C]S[C]=N1. The largest absolute Gasteiger partial charge is 0.255 e. The third kappa shape index (κ3) is 0.884. The molecule has 0 amide bonds. The van der Waals surface area contributed by atoms with Gasteiger partial charge in [-0.1, -0.05) is 23.4 Å². The van der Waals surface area contributed by atoms with Crippen molar-refractivity contribution < 1.29 is 0 Å². The first-order valence-corrected chi connectivity index (χ1v) is 2.65. The molecule has 0 aromatic heterocycles. The van der Waals surface area contributed by atoms with E-state index >= 15 is 0 Å². The van der Waals surface area contributed by atoms with Crippen LogP contribution in [0.2, 0.25) is 0 Å². The molecular weight excluding hydrogens is 118 g/mol. The second-order valence-corrected chi connectivity index (χ2v) is 1.81. The number of halogens is 1. The van der Waals surface area contributed by atoms with E-state index in [1.54, 1.807) is 0 Å². The van der Waals surface area contributed by atoms with Crippen molar-refractivity contribution in [3.05, 3.63) is 5.75 Å². The Hall–Kier alpha value is 0.310. The third-order valence-corrected chi connectivity index (χ3v) is 1.24. The Kier molecular flexibility index (Phi) is 1.37. The van der Waals surface area contributed by atoms with Crippen LogP contribution in [0.3, 0.4) is 0 Å². The molecule has 1 rings (SSSR count). The number of alkyl halides is 1. The highest BCUT2D eigenvalue weighted by atomic mass is 35.5. The quantitative estimate of drug-likeness (QED) is 0.344. The average Bonchev–Trinajstić information content (AvgIpc) is 1.86. The van der Waals surface area contributed by atoms with Crippen molar-refractivity contribution in [2.24, 2.45) is 4.99 Å². The number of hydrogen-bond donors (Lipinski definition) is 0. The maximum Gasteiger partial charge on any atom is 0.143 e. The van der Waals surface area contributed by atoms with E-state index in [4.69, 9.17) is 11.6 Å². The van der Waals surface area contributed by atoms with E-state index in [0.29, 0.717) is 0 Å². The summed E-state index contributed by atoms with van der Waals surface area (Å²) in [6.45, 7) is 0. The average molecular weight is 119 g/mol. The predicted molar refractivity (Wildman–Crippen MR) is 27.9 cm³/mol. The van der Waals surface area contributed by atoms with Gasteiger partial charge in [-0.2, -0.15) is 0 Å². The normalized spacial score (nSPS) is 31.8. The van der Waals surface area contributed by atoms with Crippen LogP contribution >= 0.6 is 23.4 Å². The summed E-state index contributed by atoms with van der Waals surface area (Å²) in [6.07, 6.45) is 0. The lowest BCUT2D eigenvalue weighted by molar-refractivity contribution is 1.15. The number of aliphatic imine (C=N–C) groups is 1. The van der Waals surface area contributed by atoms with Gasteiger partial charge in [-0.15, -0.1) is 0 Å². The zero-order valence-electron chi connectivity index (χ0n) is 2.81. The molecule has 1 aliphatic heterocycles. The maximum atomic E-state index is 5.35. The Morgan fingerprint density at radius 3 is 2.83 bits per heavy atom. The first kappa shape index (κ1) is 4.47. The molecule has 1 aliphatic rings. The molecular formula is C3HClNS. The lowest BCUT2D eigenvalue weighted by Crippen LogP contribution is -1.80. The van der Waals surface area contributed by atoms with Gasteiger partial charge in [0, 0.05) is 0 Å². The highest BCUT2D eigenvalue weighted by Gasteiger charge is 2.06. The summed E-state index contributed by atoms with van der Waals surface area (Å²) in [5.74, 6) is 2.72. The molecule has 3 radical (unpaired) electrons. The van der Waals surface area contributed by atoms with Gasteiger partial charge in [0.2, 0.25) is 0 Å². The van der Waals surface area contributed by atoms with Gasteiger partial charge in [-0.25, -0.2) is 0 Å². The number of nitrogens with zero attached hydrogens (tertiary/aromatic N) is 1. The highest BCUT2D eigenvalue weighted by Crippen LogP contribution is 2.18. The highest BCUT2D eigenvalue weighted by molar-refractivity contribution is 8.14. The van der Waals surface area contributed by atoms with Gasteiger partial charge in [0.1, 0.15) is 11.0 Å². The first-order valence-electron chi connectivity index (χ1n) is 1.40. The van der Waals surface area contributed by atoms with Crippen LogP contribution in [0.5, 0.6) is 0 Å². The fraction of sp³-hybridized carbons (Fsp3) is 0.333. The zero-order chi connectivity index (χ0) is 4.41. The van der Waals surface area contributed by atoms with E-state index in [2.05, 4.69) is 16.3 Å². The molecule has 1 unspecified atom stereocenters. The Balaban J connectivity index is 2.38. The smallest absolute Gasteiger partial charge is 0.143 e. The molecule has 3 heteroatoms. The van der Waals surface area contributed by atoms with Gasteiger partial charge in [0.15, 0.2) is 0 Å². The molecule has 0 saturated heterocycles. The summed E-state index contributed by atoms with van der Waals surface area (Å²) in [4.78, 5) is 3.60. The lowest BCUT2D eigenvalue weighted by atomic mass is 10.8. The molecule has 1 atom stereocenters. The van der Waals surface area contributed by atoms with E-state index in [0.717, 1.165) is 0 Å². The van der Waals surface area contributed by atoms with Crippen LogP contribution < -0.4 is 0 Å². The molecule has 1 heterocycles. The van der Waals surface area contributed by atoms with Gasteiger partial charge >= 0.3 is 0 Å². The summed E-state index contributed by atoms with van der Waals surface area (Å²) in [5, 5.41) is 0. The molecule has 31 valence electrons. The van der Waals surface area contributed by atoms with Crippen molar-refractivity contribution >= 4 is 28.9 Å². The molecule has 0 spiro atoms. The van der Waals surface area contributed by atoms with Crippen molar-refractivity contribution in [1.82, 2.24) is 0 Å². The Morgan fingerprint density at radius 2 is 2.67 bits per heavy atom. The fourth-order valence-corrected chi connectivity index (χ4v) is 0.775. The molecule has 1 nitrogen and oxygen atoms in total. The minimum atomic E-state index is -0.255. The van der Waals surface area contributed by atoms with Crippen LogP contribution in [-0.2, 0) is 0 Å². The molecule has 0 bridgehead atoms. The number of hydrogen-bond acceptors (Lipinski definition) is 2. The van der Waals surface area contributed by atoms with Gasteiger partial charge in [0.05, 0.1) is 5.75 Å². The Bertz CT molecular complexity index is 73.2. The van der Waals surface area contributed by atoms with Crippen LogP contribution in [0.25, 0.3) is 0 Å². The second kappa shape index (κ2) is 1.85. The zero-order valence-corrected chi connectivity index (χ0v) is 4.38. The Morgan fingerprint density at radius 1 is 1.83 bits per heavy atom. The summed E-state index contributed by atoms with van der Waals surface area (Å²) in [7, 11) is 0. The summed E-state index contributed by atoms with van der Waals surface area (Å²) >= 11 is 6.63. The van der Waals surface area contributed by atoms with Gasteiger partial charge in [0.25, 0.3) is 0 Å². The number of rotatable bonds is 0. The topological polar surface area (TPSA) is 12.4 Å². The number of thioether (sulfide) groups is 1. The van der Waals surface area contributed by atoms with Crippen LogP contribution in [0.1, 0.15) is 0 Å². The van der Waals surface area contributed by atoms with E-state index in [9.17, 15) is 0 Å². The van der Waals surface area contributed by atoms with Crippen molar-refractivity contribution in [3.8, 4) is 0 Å². The molecule has 6 heavy (non-hydrogen) atoms. The second-order valence-electron chi connectivity index (χ2n) is 0.776. The van der Waals surface area contributed by atoms with Crippen LogP contribution in [0.4, 0.5) is 0 Å². The van der Waals surface area contributed by atoms with E-state index in [1.165, 1.54) is 11.8 Å². The van der Waals surface area contributed by atoms with E-state index < -0.39 is 0 Å². The molecule has 0 aromatic carbocycles. The monoisotopic (exact) mass is 118 g/mol. The van der Waals surface area contributed by atoms with E-state index in [-0.39, 0.29) is 5.50 Å². The lowest BCUT2D eigenvalue weighted by Gasteiger charge is -1.82.